The molecule has 1 aliphatic heterocycles. The molecule has 3 rings (SSSR count). The molecule has 1 aromatic carbocycles. The molecular weight excluding hydrogens is 326 g/mol. The molecule has 1 fully saturated rings. The Labute approximate surface area is 143 Å². The molecule has 1 saturated heterocycles. The molecule has 1 aliphatic rings. The highest BCUT2D eigenvalue weighted by atomic mass is 32.1. The Kier molecular flexibility index (Phi) is 4.71. The smallest absolute Gasteiger partial charge is 0.257 e. The molecule has 0 spiro atoms. The largest absolute Gasteiger partial charge is 0.338 e. The van der Waals surface area contributed by atoms with Crippen LogP contribution < -0.4 is 5.32 Å². The Bertz CT molecular complexity index is 800. The van der Waals surface area contributed by atoms with E-state index in [4.69, 9.17) is 0 Å². The number of hydrogen-bond donors (Lipinski definition) is 1. The molecule has 0 saturated carbocycles. The van der Waals surface area contributed by atoms with Crippen LogP contribution in [0.2, 0.25) is 0 Å². The second-order valence-corrected chi connectivity index (χ2v) is 6.53. The summed E-state index contributed by atoms with van der Waals surface area (Å²) in [5.41, 5.74) is 1.76. The molecule has 0 bridgehead atoms. The lowest BCUT2D eigenvalue weighted by atomic mass is 10.1. The average Bonchev–Trinajstić information content (AvgIpc) is 3.17. The van der Waals surface area contributed by atoms with Gasteiger partial charge >= 0.3 is 0 Å². The van der Waals surface area contributed by atoms with Gasteiger partial charge in [0.15, 0.2) is 10.9 Å². The Morgan fingerprint density at radius 3 is 2.88 bits per heavy atom. The van der Waals surface area contributed by atoms with Gasteiger partial charge < -0.3 is 4.90 Å². The number of thiazole rings is 1. The summed E-state index contributed by atoms with van der Waals surface area (Å²) in [7, 11) is 0. The van der Waals surface area contributed by atoms with E-state index in [2.05, 4.69) is 10.3 Å². The van der Waals surface area contributed by atoms with E-state index in [0.717, 1.165) is 18.5 Å². The van der Waals surface area contributed by atoms with Crippen molar-refractivity contribution >= 4 is 34.1 Å². The monoisotopic (exact) mass is 343 g/mol. The second kappa shape index (κ2) is 6.92. The van der Waals surface area contributed by atoms with Crippen LogP contribution in [0.4, 0.5) is 5.13 Å². The van der Waals surface area contributed by atoms with E-state index in [1.807, 2.05) is 6.07 Å². The summed E-state index contributed by atoms with van der Waals surface area (Å²) in [6.45, 7) is 2.72. The lowest BCUT2D eigenvalue weighted by molar-refractivity contribution is -0.128. The molecule has 0 unspecified atom stereocenters. The third kappa shape index (κ3) is 3.68. The van der Waals surface area contributed by atoms with Crippen LogP contribution >= 0.6 is 11.3 Å². The first-order chi connectivity index (χ1) is 11.5. The van der Waals surface area contributed by atoms with Crippen molar-refractivity contribution in [2.24, 2.45) is 0 Å². The number of anilines is 1. The topological polar surface area (TPSA) is 79.4 Å². The predicted molar refractivity (Wildman–Crippen MR) is 91.2 cm³/mol. The number of amides is 2. The summed E-state index contributed by atoms with van der Waals surface area (Å²) in [4.78, 5) is 41.2. The molecular formula is C17H17N3O3S. The molecule has 6 nitrogen and oxygen atoms in total. The van der Waals surface area contributed by atoms with Gasteiger partial charge in [-0.15, -0.1) is 11.3 Å². The summed E-state index contributed by atoms with van der Waals surface area (Å²) in [5.74, 6) is -0.262. The zero-order valence-electron chi connectivity index (χ0n) is 13.2. The van der Waals surface area contributed by atoms with Crippen molar-refractivity contribution in [3.63, 3.8) is 0 Å². The van der Waals surface area contributed by atoms with Crippen molar-refractivity contribution < 1.29 is 14.4 Å². The van der Waals surface area contributed by atoms with Crippen molar-refractivity contribution in [3.05, 3.63) is 46.5 Å². The fourth-order valence-corrected chi connectivity index (χ4v) is 3.31. The predicted octanol–water partition coefficient (Wildman–Crippen LogP) is 2.72. The fraction of sp³-hybridized carbons (Fsp3) is 0.294. The highest BCUT2D eigenvalue weighted by Gasteiger charge is 2.20. The number of nitrogens with zero attached hydrogens (tertiary/aromatic N) is 2. The average molecular weight is 343 g/mol. The van der Waals surface area contributed by atoms with Crippen LogP contribution in [0.15, 0.2) is 29.6 Å². The number of Topliss-reactive ketones (excluding diaryl/α,β-unsaturated/α-hetero) is 1. The minimum Gasteiger partial charge on any atom is -0.338 e. The molecule has 2 heterocycles. The zero-order chi connectivity index (χ0) is 17.1. The van der Waals surface area contributed by atoms with Crippen LogP contribution in [0.25, 0.3) is 0 Å². The lowest BCUT2D eigenvalue weighted by Crippen LogP contribution is -2.24. The van der Waals surface area contributed by atoms with E-state index >= 15 is 0 Å². The summed E-state index contributed by atoms with van der Waals surface area (Å²) < 4.78 is 0. The van der Waals surface area contributed by atoms with Gasteiger partial charge in [0.05, 0.1) is 0 Å². The molecule has 0 atom stereocenters. The molecule has 2 aromatic rings. The quantitative estimate of drug-likeness (QED) is 0.847. The maximum atomic E-state index is 12.3. The number of rotatable bonds is 5. The number of benzene rings is 1. The third-order valence-electron chi connectivity index (χ3n) is 3.82. The van der Waals surface area contributed by atoms with Gasteiger partial charge in [-0.3, -0.25) is 19.7 Å². The van der Waals surface area contributed by atoms with Crippen LogP contribution in [0.1, 0.15) is 46.2 Å². The highest BCUT2D eigenvalue weighted by molar-refractivity contribution is 7.14. The molecule has 124 valence electrons. The van der Waals surface area contributed by atoms with E-state index in [9.17, 15) is 14.4 Å². The van der Waals surface area contributed by atoms with Crippen molar-refractivity contribution in [2.75, 3.05) is 11.9 Å². The summed E-state index contributed by atoms with van der Waals surface area (Å²) >= 11 is 1.21. The first kappa shape index (κ1) is 16.3. The number of carbonyl (C=O) groups is 3. The molecule has 2 amide bonds. The SMILES string of the molecule is CC(=O)c1csc(NC(=O)c2cccc(CN3CCCC3=O)c2)n1. The van der Waals surface area contributed by atoms with Crippen molar-refractivity contribution in [1.82, 2.24) is 9.88 Å². The fourth-order valence-electron chi connectivity index (χ4n) is 2.56. The Hall–Kier alpha value is -2.54. The molecule has 7 heteroatoms. The molecule has 1 aromatic heterocycles. The Balaban J connectivity index is 1.69. The van der Waals surface area contributed by atoms with Crippen molar-refractivity contribution in [2.45, 2.75) is 26.3 Å². The number of hydrogen-bond acceptors (Lipinski definition) is 5. The molecule has 0 radical (unpaired) electrons. The lowest BCUT2D eigenvalue weighted by Gasteiger charge is -2.15. The van der Waals surface area contributed by atoms with Gasteiger partial charge in [0.2, 0.25) is 5.91 Å². The van der Waals surface area contributed by atoms with Crippen LogP contribution in [0.3, 0.4) is 0 Å². The van der Waals surface area contributed by atoms with E-state index in [-0.39, 0.29) is 17.6 Å². The van der Waals surface area contributed by atoms with Gasteiger partial charge in [0, 0.05) is 37.4 Å². The van der Waals surface area contributed by atoms with Gasteiger partial charge in [-0.2, -0.15) is 0 Å². The van der Waals surface area contributed by atoms with Crippen LogP contribution in [0.5, 0.6) is 0 Å². The second-order valence-electron chi connectivity index (χ2n) is 5.67. The first-order valence-corrected chi connectivity index (χ1v) is 8.55. The minimum atomic E-state index is -0.283. The molecule has 24 heavy (non-hydrogen) atoms. The number of likely N-dealkylation sites (tertiary alicyclic amines) is 1. The van der Waals surface area contributed by atoms with Crippen LogP contribution in [0, 0.1) is 0 Å². The summed E-state index contributed by atoms with van der Waals surface area (Å²) in [6, 6.07) is 7.19. The first-order valence-electron chi connectivity index (χ1n) is 7.67. The van der Waals surface area contributed by atoms with E-state index in [1.54, 1.807) is 28.5 Å². The highest BCUT2D eigenvalue weighted by Crippen LogP contribution is 2.18. The summed E-state index contributed by atoms with van der Waals surface area (Å²) in [6.07, 6.45) is 1.49. The Morgan fingerprint density at radius 1 is 1.38 bits per heavy atom. The maximum absolute atomic E-state index is 12.3. The minimum absolute atomic E-state index is 0.135. The Morgan fingerprint density at radius 2 is 2.21 bits per heavy atom. The number of ketones is 1. The van der Waals surface area contributed by atoms with Gasteiger partial charge in [-0.05, 0) is 24.1 Å². The van der Waals surface area contributed by atoms with Gasteiger partial charge in [0.25, 0.3) is 5.91 Å². The maximum Gasteiger partial charge on any atom is 0.257 e. The normalized spacial score (nSPS) is 14.0. The van der Waals surface area contributed by atoms with Crippen LogP contribution in [-0.2, 0) is 11.3 Å². The molecule has 0 aliphatic carbocycles. The van der Waals surface area contributed by atoms with Gasteiger partial charge in [-0.1, -0.05) is 12.1 Å². The van der Waals surface area contributed by atoms with E-state index < -0.39 is 0 Å². The number of aromatic nitrogens is 1. The van der Waals surface area contributed by atoms with Crippen molar-refractivity contribution in [3.8, 4) is 0 Å². The number of carbonyl (C=O) groups excluding carboxylic acids is 3. The third-order valence-corrected chi connectivity index (χ3v) is 4.58. The summed E-state index contributed by atoms with van der Waals surface area (Å²) in [5, 5.41) is 4.71. The van der Waals surface area contributed by atoms with Crippen LogP contribution in [-0.4, -0.2) is 34.0 Å². The molecule has 1 N–H and O–H groups in total. The zero-order valence-corrected chi connectivity index (χ0v) is 14.1. The van der Waals surface area contributed by atoms with Crippen molar-refractivity contribution in [1.29, 1.82) is 0 Å². The van der Waals surface area contributed by atoms with E-state index in [0.29, 0.717) is 29.4 Å². The number of nitrogens with one attached hydrogen (secondary N) is 1. The van der Waals surface area contributed by atoms with E-state index in [1.165, 1.54) is 18.3 Å². The van der Waals surface area contributed by atoms with Gasteiger partial charge in [-0.25, -0.2) is 4.98 Å². The standard InChI is InChI=1S/C17H17N3O3S/c1-11(21)14-10-24-17(18-14)19-16(23)13-5-2-4-12(8-13)9-20-7-3-6-15(20)22/h2,4-5,8,10H,3,6-7,9H2,1H3,(H,18,19,23). The van der Waals surface area contributed by atoms with Gasteiger partial charge in [0.1, 0.15) is 5.69 Å².